The number of ether oxygens (including phenoxy) is 2. The van der Waals surface area contributed by atoms with E-state index in [2.05, 4.69) is 40.9 Å². The summed E-state index contributed by atoms with van der Waals surface area (Å²) in [6.07, 6.45) is 8.56. The largest absolute Gasteiger partial charge is 0.366 e. The van der Waals surface area contributed by atoms with Crippen molar-refractivity contribution in [3.8, 4) is 0 Å². The van der Waals surface area contributed by atoms with Gasteiger partial charge in [-0.1, -0.05) is 24.3 Å². The lowest BCUT2D eigenvalue weighted by molar-refractivity contribution is 0.302. The third kappa shape index (κ3) is 3.19. The molecule has 4 fully saturated rings. The standard InChI is InChI=1S/2C10H16O/c2*1-7(2)8-4-5-10(3)9(6-8)11-10/h2*8-9H,1,4-6H2,2-3H3. The smallest absolute Gasteiger partial charge is 0.0920 e. The second-order valence-corrected chi connectivity index (χ2v) is 8.47. The Hall–Kier alpha value is -0.600. The molecule has 22 heavy (non-hydrogen) atoms. The lowest BCUT2D eigenvalue weighted by Crippen LogP contribution is -2.21. The highest BCUT2D eigenvalue weighted by Crippen LogP contribution is 2.51. The van der Waals surface area contributed by atoms with E-state index in [1.165, 1.54) is 49.7 Å². The van der Waals surface area contributed by atoms with Crippen molar-refractivity contribution in [3.05, 3.63) is 24.3 Å². The quantitative estimate of drug-likeness (QED) is 0.527. The molecule has 0 aromatic heterocycles. The average molecular weight is 304 g/mol. The third-order valence-electron chi connectivity index (χ3n) is 6.44. The summed E-state index contributed by atoms with van der Waals surface area (Å²) in [5, 5.41) is 0. The van der Waals surface area contributed by atoms with Crippen molar-refractivity contribution in [1.29, 1.82) is 0 Å². The van der Waals surface area contributed by atoms with E-state index < -0.39 is 0 Å². The lowest BCUT2D eigenvalue weighted by atomic mass is 9.80. The van der Waals surface area contributed by atoms with Gasteiger partial charge in [-0.15, -0.1) is 0 Å². The zero-order chi connectivity index (χ0) is 16.1. The van der Waals surface area contributed by atoms with Crippen molar-refractivity contribution in [3.63, 3.8) is 0 Å². The summed E-state index contributed by atoms with van der Waals surface area (Å²) in [7, 11) is 0. The Bertz CT molecular complexity index is 438. The van der Waals surface area contributed by atoms with Gasteiger partial charge in [-0.3, -0.25) is 0 Å². The summed E-state index contributed by atoms with van der Waals surface area (Å²) >= 11 is 0. The molecule has 4 aliphatic rings. The predicted molar refractivity (Wildman–Crippen MR) is 90.9 cm³/mol. The second-order valence-electron chi connectivity index (χ2n) is 8.47. The maximum atomic E-state index is 5.60. The monoisotopic (exact) mass is 304 g/mol. The van der Waals surface area contributed by atoms with Gasteiger partial charge in [0.15, 0.2) is 0 Å². The molecule has 0 bridgehead atoms. The molecule has 0 amide bonds. The molecule has 4 rings (SSSR count). The molecule has 0 spiro atoms. The lowest BCUT2D eigenvalue weighted by Gasteiger charge is -2.22. The van der Waals surface area contributed by atoms with E-state index in [0.717, 1.165) is 11.8 Å². The van der Waals surface area contributed by atoms with E-state index in [9.17, 15) is 0 Å². The highest BCUT2D eigenvalue weighted by molar-refractivity contribution is 5.11. The molecule has 124 valence electrons. The average Bonchev–Trinajstić information content (AvgIpc) is 3.30. The molecule has 0 N–H and O–H groups in total. The summed E-state index contributed by atoms with van der Waals surface area (Å²) in [4.78, 5) is 0. The maximum Gasteiger partial charge on any atom is 0.0920 e. The van der Waals surface area contributed by atoms with Gasteiger partial charge in [0.2, 0.25) is 0 Å². The molecule has 2 heteroatoms. The first-order chi connectivity index (χ1) is 10.2. The second kappa shape index (κ2) is 5.49. The van der Waals surface area contributed by atoms with Crippen molar-refractivity contribution in [2.45, 2.75) is 89.6 Å². The van der Waals surface area contributed by atoms with Crippen LogP contribution in [0.2, 0.25) is 0 Å². The van der Waals surface area contributed by atoms with Crippen LogP contribution in [0, 0.1) is 11.8 Å². The minimum atomic E-state index is 0.270. The van der Waals surface area contributed by atoms with Crippen LogP contribution >= 0.6 is 0 Å². The van der Waals surface area contributed by atoms with Crippen molar-refractivity contribution in [1.82, 2.24) is 0 Å². The zero-order valence-electron chi connectivity index (χ0n) is 14.8. The Morgan fingerprint density at radius 2 is 1.18 bits per heavy atom. The van der Waals surface area contributed by atoms with Crippen molar-refractivity contribution < 1.29 is 9.47 Å². The van der Waals surface area contributed by atoms with E-state index in [1.807, 2.05) is 0 Å². The van der Waals surface area contributed by atoms with Crippen LogP contribution in [0.4, 0.5) is 0 Å². The first kappa shape index (κ1) is 16.3. The molecule has 0 aromatic rings. The van der Waals surface area contributed by atoms with E-state index in [-0.39, 0.29) is 11.2 Å². The van der Waals surface area contributed by atoms with Crippen LogP contribution < -0.4 is 0 Å². The first-order valence-electron chi connectivity index (χ1n) is 8.90. The van der Waals surface area contributed by atoms with Gasteiger partial charge < -0.3 is 9.47 Å². The maximum absolute atomic E-state index is 5.60. The van der Waals surface area contributed by atoms with Gasteiger partial charge in [-0.05, 0) is 78.1 Å². The van der Waals surface area contributed by atoms with Crippen LogP contribution in [0.25, 0.3) is 0 Å². The van der Waals surface area contributed by atoms with Gasteiger partial charge in [0.25, 0.3) is 0 Å². The Morgan fingerprint density at radius 3 is 1.45 bits per heavy atom. The Kier molecular flexibility index (Phi) is 4.06. The Morgan fingerprint density at radius 1 is 0.818 bits per heavy atom. The Balaban J connectivity index is 0.000000131. The fourth-order valence-electron chi connectivity index (χ4n) is 4.19. The van der Waals surface area contributed by atoms with Crippen LogP contribution in [0.1, 0.15) is 66.2 Å². The van der Waals surface area contributed by atoms with Crippen molar-refractivity contribution >= 4 is 0 Å². The van der Waals surface area contributed by atoms with Gasteiger partial charge >= 0.3 is 0 Å². The van der Waals surface area contributed by atoms with E-state index in [1.54, 1.807) is 0 Å². The molecule has 6 unspecified atom stereocenters. The van der Waals surface area contributed by atoms with E-state index in [0.29, 0.717) is 12.2 Å². The van der Waals surface area contributed by atoms with Crippen molar-refractivity contribution in [2.75, 3.05) is 0 Å². The zero-order valence-corrected chi connectivity index (χ0v) is 14.8. The minimum absolute atomic E-state index is 0.270. The number of rotatable bonds is 2. The van der Waals surface area contributed by atoms with Gasteiger partial charge in [0.1, 0.15) is 0 Å². The summed E-state index contributed by atoms with van der Waals surface area (Å²) in [5.74, 6) is 1.46. The summed E-state index contributed by atoms with van der Waals surface area (Å²) in [6, 6.07) is 0. The topological polar surface area (TPSA) is 25.1 Å². The normalized spacial score (nSPS) is 48.2. The van der Waals surface area contributed by atoms with Crippen molar-refractivity contribution in [2.24, 2.45) is 11.8 Å². The van der Waals surface area contributed by atoms with Gasteiger partial charge in [0, 0.05) is 0 Å². The first-order valence-corrected chi connectivity index (χ1v) is 8.90. The van der Waals surface area contributed by atoms with Crippen LogP contribution in [0.5, 0.6) is 0 Å². The molecular weight excluding hydrogens is 272 g/mol. The fourth-order valence-corrected chi connectivity index (χ4v) is 4.19. The summed E-state index contributed by atoms with van der Waals surface area (Å²) in [6.45, 7) is 16.7. The molecule has 2 heterocycles. The number of allylic oxidation sites excluding steroid dienone is 2. The molecule has 2 aliphatic heterocycles. The molecule has 6 atom stereocenters. The predicted octanol–water partition coefficient (Wildman–Crippen LogP) is 5.04. The third-order valence-corrected chi connectivity index (χ3v) is 6.44. The highest BCUT2D eigenvalue weighted by atomic mass is 16.6. The van der Waals surface area contributed by atoms with E-state index >= 15 is 0 Å². The summed E-state index contributed by atoms with van der Waals surface area (Å²) < 4.78 is 11.2. The summed E-state index contributed by atoms with van der Waals surface area (Å²) in [5.41, 5.74) is 3.21. The number of hydrogen-bond acceptors (Lipinski definition) is 2. The van der Waals surface area contributed by atoms with Crippen LogP contribution in [-0.2, 0) is 9.47 Å². The fraction of sp³-hybridized carbons (Fsp3) is 0.800. The molecule has 2 aliphatic carbocycles. The molecule has 0 radical (unpaired) electrons. The Labute approximate surface area is 136 Å². The van der Waals surface area contributed by atoms with E-state index in [4.69, 9.17) is 9.47 Å². The van der Waals surface area contributed by atoms with Crippen LogP contribution in [0.15, 0.2) is 24.3 Å². The van der Waals surface area contributed by atoms with Gasteiger partial charge in [-0.2, -0.15) is 0 Å². The van der Waals surface area contributed by atoms with Gasteiger partial charge in [0.05, 0.1) is 23.4 Å². The molecule has 2 saturated carbocycles. The number of fused-ring (bicyclic) bond motifs is 2. The highest BCUT2D eigenvalue weighted by Gasteiger charge is 2.55. The SMILES string of the molecule is C=C(C)C1CCC2(C)OC2C1.C=C(C)C1CCC2(C)OC2C1. The number of hydrogen-bond donors (Lipinski definition) is 0. The van der Waals surface area contributed by atoms with Crippen LogP contribution in [-0.4, -0.2) is 23.4 Å². The number of epoxide rings is 2. The molecular formula is C20H32O2. The molecule has 2 saturated heterocycles. The van der Waals surface area contributed by atoms with Gasteiger partial charge in [-0.25, -0.2) is 0 Å². The minimum Gasteiger partial charge on any atom is -0.366 e. The van der Waals surface area contributed by atoms with Crippen LogP contribution in [0.3, 0.4) is 0 Å². The molecule has 0 aromatic carbocycles. The molecule has 2 nitrogen and oxygen atoms in total.